The maximum Gasteiger partial charge on any atom is 0.244 e. The van der Waals surface area contributed by atoms with Crippen molar-refractivity contribution >= 4 is 5.91 Å². The third kappa shape index (κ3) is 4.41. The second kappa shape index (κ2) is 6.38. The molecule has 4 heteroatoms. The molecule has 1 atom stereocenters. The van der Waals surface area contributed by atoms with E-state index in [1.54, 1.807) is 32.1 Å². The number of hydrogen-bond donors (Lipinski definition) is 2. The van der Waals surface area contributed by atoms with Gasteiger partial charge in [-0.15, -0.1) is 0 Å². The van der Waals surface area contributed by atoms with E-state index in [0.29, 0.717) is 11.3 Å². The van der Waals surface area contributed by atoms with E-state index in [4.69, 9.17) is 4.42 Å². The van der Waals surface area contributed by atoms with E-state index in [0.717, 1.165) is 5.76 Å². The Labute approximate surface area is 113 Å². The third-order valence-electron chi connectivity index (χ3n) is 2.78. The molecule has 104 valence electrons. The van der Waals surface area contributed by atoms with Crippen LogP contribution in [0.1, 0.15) is 30.9 Å². The molecule has 4 nitrogen and oxygen atoms in total. The number of furan rings is 1. The van der Waals surface area contributed by atoms with E-state index < -0.39 is 5.60 Å². The lowest BCUT2D eigenvalue weighted by atomic mass is 9.96. The zero-order valence-corrected chi connectivity index (χ0v) is 11.9. The molecule has 0 aliphatic carbocycles. The maximum absolute atomic E-state index is 11.5. The van der Waals surface area contributed by atoms with E-state index in [1.165, 1.54) is 6.08 Å². The van der Waals surface area contributed by atoms with Crippen molar-refractivity contribution < 1.29 is 14.3 Å². The van der Waals surface area contributed by atoms with Crippen molar-refractivity contribution in [3.8, 4) is 0 Å². The van der Waals surface area contributed by atoms with Gasteiger partial charge in [0, 0.05) is 11.6 Å². The lowest BCUT2D eigenvalue weighted by Crippen LogP contribution is -2.38. The van der Waals surface area contributed by atoms with Crippen LogP contribution >= 0.6 is 0 Å². The average Bonchev–Trinajstić information content (AvgIpc) is 2.67. The first-order valence-corrected chi connectivity index (χ1v) is 6.24. The molecule has 0 aromatic carbocycles. The van der Waals surface area contributed by atoms with Crippen LogP contribution in [0.3, 0.4) is 0 Å². The molecule has 1 rings (SSSR count). The van der Waals surface area contributed by atoms with Crippen molar-refractivity contribution in [3.05, 3.63) is 47.5 Å². The van der Waals surface area contributed by atoms with Crippen LogP contribution in [0.15, 0.2) is 34.8 Å². The Morgan fingerprint density at radius 1 is 1.47 bits per heavy atom. The summed E-state index contributed by atoms with van der Waals surface area (Å²) in [5.41, 5.74) is -0.450. The normalized spacial score (nSPS) is 15.0. The van der Waals surface area contributed by atoms with Gasteiger partial charge in [-0.25, -0.2) is 0 Å². The lowest BCUT2D eigenvalue weighted by molar-refractivity contribution is -0.117. The van der Waals surface area contributed by atoms with Crippen molar-refractivity contribution in [1.29, 1.82) is 0 Å². The first-order valence-electron chi connectivity index (χ1n) is 6.24. The Balaban J connectivity index is 2.65. The minimum Gasteiger partial charge on any atom is -0.466 e. The summed E-state index contributed by atoms with van der Waals surface area (Å²) in [4.78, 5) is 11.5. The van der Waals surface area contributed by atoms with Gasteiger partial charge in [0.15, 0.2) is 0 Å². The van der Waals surface area contributed by atoms with Crippen molar-refractivity contribution in [1.82, 2.24) is 5.32 Å². The summed E-state index contributed by atoms with van der Waals surface area (Å²) in [7, 11) is 0. The molecule has 1 aromatic rings. The molecule has 0 bridgehead atoms. The Morgan fingerprint density at radius 2 is 2.16 bits per heavy atom. The van der Waals surface area contributed by atoms with Gasteiger partial charge in [-0.3, -0.25) is 4.79 Å². The molecule has 0 aliphatic heterocycles. The molecule has 2 N–H and O–H groups in total. The first-order chi connectivity index (χ1) is 8.86. The Hall–Kier alpha value is -1.81. The van der Waals surface area contributed by atoms with E-state index in [1.807, 2.05) is 19.9 Å². The highest BCUT2D eigenvalue weighted by molar-refractivity contribution is 5.87. The molecule has 0 radical (unpaired) electrons. The molecular weight excluding hydrogens is 242 g/mol. The number of aryl methyl sites for hydroxylation is 2. The molecule has 0 aliphatic rings. The summed E-state index contributed by atoms with van der Waals surface area (Å²) in [6.07, 6.45) is 6.67. The zero-order valence-electron chi connectivity index (χ0n) is 11.9. The highest BCUT2D eigenvalue weighted by Crippen LogP contribution is 2.26. The molecule has 1 aromatic heterocycles. The van der Waals surface area contributed by atoms with Crippen LogP contribution in [0.25, 0.3) is 0 Å². The maximum atomic E-state index is 11.5. The molecule has 0 saturated heterocycles. The number of carbonyl (C=O) groups is 1. The van der Waals surface area contributed by atoms with Gasteiger partial charge >= 0.3 is 0 Å². The molecule has 1 heterocycles. The Kier molecular flexibility index (Phi) is 5.12. The highest BCUT2D eigenvalue weighted by Gasteiger charge is 2.27. The fourth-order valence-corrected chi connectivity index (χ4v) is 1.83. The van der Waals surface area contributed by atoms with Crippen LogP contribution in [0.5, 0.6) is 0 Å². The number of hydrogen-bond acceptors (Lipinski definition) is 3. The summed E-state index contributed by atoms with van der Waals surface area (Å²) in [5.74, 6) is 1.17. The largest absolute Gasteiger partial charge is 0.466 e. The molecule has 0 fully saturated rings. The summed E-state index contributed by atoms with van der Waals surface area (Å²) >= 11 is 0. The molecule has 1 unspecified atom stereocenters. The third-order valence-corrected chi connectivity index (χ3v) is 2.78. The molecule has 1 amide bonds. The molecule has 0 saturated carbocycles. The standard InChI is InChI=1S/C15H21NO3/c1-5-6-7-8-14(17)16-10-15(4,18)13-9-11(2)19-12(13)3/h5-9,18H,10H2,1-4H3,(H,16,17). The van der Waals surface area contributed by atoms with Gasteiger partial charge in [0.25, 0.3) is 0 Å². The van der Waals surface area contributed by atoms with E-state index in [-0.39, 0.29) is 12.5 Å². The fourth-order valence-electron chi connectivity index (χ4n) is 1.83. The molecule has 19 heavy (non-hydrogen) atoms. The fraction of sp³-hybridized carbons (Fsp3) is 0.400. The Morgan fingerprint density at radius 3 is 2.68 bits per heavy atom. The van der Waals surface area contributed by atoms with Crippen LogP contribution in [-0.2, 0) is 10.4 Å². The summed E-state index contributed by atoms with van der Waals surface area (Å²) in [6, 6.07) is 1.79. The first kappa shape index (κ1) is 15.2. The number of aliphatic hydroxyl groups is 1. The van der Waals surface area contributed by atoms with Crippen LogP contribution in [0.2, 0.25) is 0 Å². The quantitative estimate of drug-likeness (QED) is 0.633. The highest BCUT2D eigenvalue weighted by atomic mass is 16.3. The van der Waals surface area contributed by atoms with Gasteiger partial charge in [0.05, 0.1) is 6.54 Å². The zero-order chi connectivity index (χ0) is 14.5. The smallest absolute Gasteiger partial charge is 0.244 e. The monoisotopic (exact) mass is 263 g/mol. The number of carbonyl (C=O) groups excluding carboxylic acids is 1. The van der Waals surface area contributed by atoms with Crippen molar-refractivity contribution in [2.75, 3.05) is 6.54 Å². The van der Waals surface area contributed by atoms with Gasteiger partial charge < -0.3 is 14.8 Å². The van der Waals surface area contributed by atoms with Gasteiger partial charge in [0.1, 0.15) is 17.1 Å². The number of rotatable bonds is 5. The summed E-state index contributed by atoms with van der Waals surface area (Å²) < 4.78 is 5.39. The van der Waals surface area contributed by atoms with Crippen molar-refractivity contribution in [3.63, 3.8) is 0 Å². The molecule has 0 spiro atoms. The SMILES string of the molecule is CC=CC=CC(=O)NCC(C)(O)c1cc(C)oc1C. The van der Waals surface area contributed by atoms with E-state index >= 15 is 0 Å². The van der Waals surface area contributed by atoms with Gasteiger partial charge in [-0.05, 0) is 33.8 Å². The van der Waals surface area contributed by atoms with Crippen molar-refractivity contribution in [2.24, 2.45) is 0 Å². The second-order valence-electron chi connectivity index (χ2n) is 4.70. The van der Waals surface area contributed by atoms with Crippen LogP contribution in [-0.4, -0.2) is 17.6 Å². The predicted octanol–water partition coefficient (Wildman–Crippen LogP) is 2.35. The van der Waals surface area contributed by atoms with Crippen LogP contribution in [0, 0.1) is 13.8 Å². The Bertz CT molecular complexity index is 495. The van der Waals surface area contributed by atoms with Crippen molar-refractivity contribution in [2.45, 2.75) is 33.3 Å². The average molecular weight is 263 g/mol. The topological polar surface area (TPSA) is 62.5 Å². The number of amides is 1. The van der Waals surface area contributed by atoms with Crippen LogP contribution in [0.4, 0.5) is 0 Å². The van der Waals surface area contributed by atoms with E-state index in [2.05, 4.69) is 5.32 Å². The minimum absolute atomic E-state index is 0.131. The summed E-state index contributed by atoms with van der Waals surface area (Å²) in [5, 5.41) is 13.1. The van der Waals surface area contributed by atoms with E-state index in [9.17, 15) is 9.90 Å². The van der Waals surface area contributed by atoms with Crippen LogP contribution < -0.4 is 5.32 Å². The number of allylic oxidation sites excluding steroid dienone is 3. The second-order valence-corrected chi connectivity index (χ2v) is 4.70. The lowest BCUT2D eigenvalue weighted by Gasteiger charge is -2.22. The molecular formula is C15H21NO3. The predicted molar refractivity (Wildman–Crippen MR) is 74.7 cm³/mol. The summed E-state index contributed by atoms with van der Waals surface area (Å²) in [6.45, 7) is 7.28. The van der Waals surface area contributed by atoms with Gasteiger partial charge in [0.2, 0.25) is 5.91 Å². The van der Waals surface area contributed by atoms with Gasteiger partial charge in [-0.2, -0.15) is 0 Å². The number of nitrogens with one attached hydrogen (secondary N) is 1. The minimum atomic E-state index is -1.15. The van der Waals surface area contributed by atoms with Gasteiger partial charge in [-0.1, -0.05) is 18.2 Å².